The highest BCUT2D eigenvalue weighted by atomic mass is 16.1. The molecule has 2 aliphatic rings. The van der Waals surface area contributed by atoms with Crippen molar-refractivity contribution < 1.29 is 4.79 Å². The van der Waals surface area contributed by atoms with Gasteiger partial charge in [0.1, 0.15) is 0 Å². The molecule has 2 N–H and O–H groups in total. The molecule has 3 atom stereocenters. The van der Waals surface area contributed by atoms with Crippen molar-refractivity contribution in [2.75, 3.05) is 6.54 Å². The van der Waals surface area contributed by atoms with Crippen LogP contribution in [0.5, 0.6) is 0 Å². The highest BCUT2D eigenvalue weighted by Gasteiger charge is 2.26. The number of carbonyl (C=O) groups excluding carboxylic acids is 1. The Kier molecular flexibility index (Phi) is 3.62. The molecular weight excluding hydrogens is 188 g/mol. The van der Waals surface area contributed by atoms with Crippen molar-refractivity contribution >= 4 is 5.91 Å². The summed E-state index contributed by atoms with van der Waals surface area (Å²) in [7, 11) is 0. The summed E-state index contributed by atoms with van der Waals surface area (Å²) >= 11 is 0. The first-order chi connectivity index (χ1) is 7.28. The zero-order valence-electron chi connectivity index (χ0n) is 9.59. The number of piperidine rings is 1. The van der Waals surface area contributed by atoms with Gasteiger partial charge in [0.05, 0.1) is 0 Å². The van der Waals surface area contributed by atoms with Crippen LogP contribution in [-0.4, -0.2) is 24.5 Å². The lowest BCUT2D eigenvalue weighted by Crippen LogP contribution is -2.48. The Morgan fingerprint density at radius 3 is 2.80 bits per heavy atom. The third-order valence-corrected chi connectivity index (χ3v) is 3.86. The van der Waals surface area contributed by atoms with Crippen LogP contribution in [0.15, 0.2) is 0 Å². The number of hydrogen-bond acceptors (Lipinski definition) is 2. The van der Waals surface area contributed by atoms with Gasteiger partial charge in [0.15, 0.2) is 0 Å². The van der Waals surface area contributed by atoms with E-state index in [-0.39, 0.29) is 5.91 Å². The molecule has 0 spiro atoms. The van der Waals surface area contributed by atoms with Crippen molar-refractivity contribution in [2.24, 2.45) is 5.92 Å². The maximum Gasteiger partial charge on any atom is 0.220 e. The fourth-order valence-corrected chi connectivity index (χ4v) is 2.81. The number of amides is 1. The molecule has 3 heteroatoms. The number of carbonyl (C=O) groups is 1. The molecule has 3 unspecified atom stereocenters. The van der Waals surface area contributed by atoms with E-state index in [2.05, 4.69) is 17.6 Å². The van der Waals surface area contributed by atoms with Gasteiger partial charge in [0.25, 0.3) is 0 Å². The van der Waals surface area contributed by atoms with Crippen LogP contribution in [0.1, 0.15) is 45.4 Å². The number of rotatable bonds is 3. The van der Waals surface area contributed by atoms with Crippen LogP contribution in [0.2, 0.25) is 0 Å². The van der Waals surface area contributed by atoms with Crippen LogP contribution in [0.25, 0.3) is 0 Å². The summed E-state index contributed by atoms with van der Waals surface area (Å²) in [5.74, 6) is 1.14. The lowest BCUT2D eigenvalue weighted by atomic mass is 10.0. The molecule has 86 valence electrons. The minimum absolute atomic E-state index is 0.214. The molecule has 1 aliphatic heterocycles. The molecule has 0 aromatic rings. The molecule has 3 nitrogen and oxygen atoms in total. The quantitative estimate of drug-likeness (QED) is 0.740. The van der Waals surface area contributed by atoms with E-state index in [4.69, 9.17) is 0 Å². The van der Waals surface area contributed by atoms with Crippen molar-refractivity contribution in [3.8, 4) is 0 Å². The van der Waals surface area contributed by atoms with Crippen molar-refractivity contribution in [3.63, 3.8) is 0 Å². The smallest absolute Gasteiger partial charge is 0.220 e. The van der Waals surface area contributed by atoms with E-state index in [1.54, 1.807) is 0 Å². The SMILES string of the molecule is CCC1CCC(NC2CCC(=O)NC2)C1. The summed E-state index contributed by atoms with van der Waals surface area (Å²) in [6.45, 7) is 3.11. The minimum Gasteiger partial charge on any atom is -0.355 e. The Morgan fingerprint density at radius 1 is 1.33 bits per heavy atom. The molecule has 2 rings (SSSR count). The fourth-order valence-electron chi connectivity index (χ4n) is 2.81. The third-order valence-electron chi connectivity index (χ3n) is 3.86. The van der Waals surface area contributed by atoms with Gasteiger partial charge >= 0.3 is 0 Å². The summed E-state index contributed by atoms with van der Waals surface area (Å²) in [6, 6.07) is 1.22. The Bertz CT molecular complexity index is 220. The molecule has 0 radical (unpaired) electrons. The first kappa shape index (κ1) is 10.9. The van der Waals surface area contributed by atoms with Crippen molar-refractivity contribution in [3.05, 3.63) is 0 Å². The topological polar surface area (TPSA) is 41.1 Å². The second-order valence-electron chi connectivity index (χ2n) is 4.99. The summed E-state index contributed by atoms with van der Waals surface area (Å²) in [5.41, 5.74) is 0. The Labute approximate surface area is 92.0 Å². The first-order valence-electron chi connectivity index (χ1n) is 6.30. The predicted molar refractivity (Wildman–Crippen MR) is 60.6 cm³/mol. The van der Waals surface area contributed by atoms with Gasteiger partial charge in [-0.1, -0.05) is 13.3 Å². The van der Waals surface area contributed by atoms with E-state index in [1.807, 2.05) is 0 Å². The highest BCUT2D eigenvalue weighted by Crippen LogP contribution is 2.28. The Balaban J connectivity index is 1.71. The maximum atomic E-state index is 11.0. The van der Waals surface area contributed by atoms with Crippen LogP contribution in [0.4, 0.5) is 0 Å². The minimum atomic E-state index is 0.214. The van der Waals surface area contributed by atoms with Gasteiger partial charge in [0, 0.05) is 25.0 Å². The second-order valence-corrected chi connectivity index (χ2v) is 4.99. The highest BCUT2D eigenvalue weighted by molar-refractivity contribution is 5.76. The summed E-state index contributed by atoms with van der Waals surface area (Å²) < 4.78 is 0. The van der Waals surface area contributed by atoms with Crippen molar-refractivity contribution in [1.82, 2.24) is 10.6 Å². The van der Waals surface area contributed by atoms with Crippen LogP contribution < -0.4 is 10.6 Å². The maximum absolute atomic E-state index is 11.0. The van der Waals surface area contributed by atoms with E-state index >= 15 is 0 Å². The van der Waals surface area contributed by atoms with Crippen LogP contribution >= 0.6 is 0 Å². The van der Waals surface area contributed by atoms with Gasteiger partial charge < -0.3 is 10.6 Å². The lowest BCUT2D eigenvalue weighted by Gasteiger charge is -2.26. The molecule has 0 bridgehead atoms. The molecule has 2 fully saturated rings. The molecule has 1 saturated carbocycles. The van der Waals surface area contributed by atoms with Crippen LogP contribution in [0.3, 0.4) is 0 Å². The molecule has 1 saturated heterocycles. The van der Waals surface area contributed by atoms with Gasteiger partial charge in [-0.25, -0.2) is 0 Å². The zero-order valence-corrected chi connectivity index (χ0v) is 9.59. The normalized spacial score (nSPS) is 36.6. The van der Waals surface area contributed by atoms with Gasteiger partial charge in [-0.2, -0.15) is 0 Å². The summed E-state index contributed by atoms with van der Waals surface area (Å²) in [6.07, 6.45) is 7.07. The largest absolute Gasteiger partial charge is 0.355 e. The average Bonchev–Trinajstić information content (AvgIpc) is 2.69. The van der Waals surface area contributed by atoms with Crippen molar-refractivity contribution in [2.45, 2.75) is 57.5 Å². The summed E-state index contributed by atoms with van der Waals surface area (Å²) in [4.78, 5) is 11.0. The predicted octanol–water partition coefficient (Wildman–Crippen LogP) is 1.43. The Hall–Kier alpha value is -0.570. The fraction of sp³-hybridized carbons (Fsp3) is 0.917. The Morgan fingerprint density at radius 2 is 2.20 bits per heavy atom. The van der Waals surface area contributed by atoms with Crippen molar-refractivity contribution in [1.29, 1.82) is 0 Å². The number of hydrogen-bond donors (Lipinski definition) is 2. The zero-order chi connectivity index (χ0) is 10.7. The van der Waals surface area contributed by atoms with E-state index < -0.39 is 0 Å². The molecule has 15 heavy (non-hydrogen) atoms. The third kappa shape index (κ3) is 2.94. The first-order valence-corrected chi connectivity index (χ1v) is 6.30. The standard InChI is InChI=1S/C12H22N2O/c1-2-9-3-4-10(7-9)14-11-5-6-12(15)13-8-11/h9-11,14H,2-8H2,1H3,(H,13,15). The van der Waals surface area contributed by atoms with Gasteiger partial charge in [-0.3, -0.25) is 4.79 Å². The molecule has 1 aliphatic carbocycles. The summed E-state index contributed by atoms with van der Waals surface area (Å²) in [5, 5.41) is 6.62. The van der Waals surface area contributed by atoms with Crippen LogP contribution in [-0.2, 0) is 4.79 Å². The van der Waals surface area contributed by atoms with Gasteiger partial charge in [-0.15, -0.1) is 0 Å². The lowest BCUT2D eigenvalue weighted by molar-refractivity contribution is -0.122. The van der Waals surface area contributed by atoms with Gasteiger partial charge in [0.2, 0.25) is 5.91 Å². The van der Waals surface area contributed by atoms with E-state index in [0.29, 0.717) is 18.5 Å². The van der Waals surface area contributed by atoms with E-state index in [9.17, 15) is 4.79 Å². The molecule has 0 aromatic heterocycles. The average molecular weight is 210 g/mol. The molecular formula is C12H22N2O. The van der Waals surface area contributed by atoms with E-state index in [0.717, 1.165) is 18.9 Å². The molecule has 0 aromatic carbocycles. The molecule has 1 amide bonds. The number of nitrogens with one attached hydrogen (secondary N) is 2. The second kappa shape index (κ2) is 4.97. The van der Waals surface area contributed by atoms with Gasteiger partial charge in [-0.05, 0) is 31.6 Å². The molecule has 1 heterocycles. The van der Waals surface area contributed by atoms with Crippen LogP contribution in [0, 0.1) is 5.92 Å². The van der Waals surface area contributed by atoms with E-state index in [1.165, 1.54) is 25.7 Å². The monoisotopic (exact) mass is 210 g/mol.